The molecule has 104 valence electrons. The van der Waals surface area contributed by atoms with Crippen LogP contribution in [0.15, 0.2) is 36.5 Å². The topological polar surface area (TPSA) is 79.8 Å². The fourth-order valence-electron chi connectivity index (χ4n) is 1.66. The van der Waals surface area contributed by atoms with Crippen molar-refractivity contribution in [1.29, 1.82) is 0 Å². The summed E-state index contributed by atoms with van der Waals surface area (Å²) in [7, 11) is 0. The van der Waals surface area contributed by atoms with Crippen molar-refractivity contribution in [2.75, 3.05) is 18.4 Å². The molecule has 2 aromatic rings. The molecule has 2 N–H and O–H groups in total. The normalized spacial score (nSPS) is 10.1. The maximum Gasteiger partial charge on any atom is 0.271 e. The quantitative estimate of drug-likeness (QED) is 0.827. The molecule has 0 radical (unpaired) electrons. The summed E-state index contributed by atoms with van der Waals surface area (Å²) < 4.78 is 0. The molecule has 0 bridgehead atoms. The third kappa shape index (κ3) is 4.01. The van der Waals surface area contributed by atoms with Crippen LogP contribution in [-0.4, -0.2) is 34.2 Å². The van der Waals surface area contributed by atoms with Gasteiger partial charge in [0.15, 0.2) is 5.69 Å². The molecule has 2 aromatic heterocycles. The Labute approximate surface area is 117 Å². The lowest BCUT2D eigenvalue weighted by molar-refractivity contribution is 0.0950. The fraction of sp³-hybridized carbons (Fsp3) is 0.286. The number of carbonyl (C=O) groups excluding carboxylic acids is 1. The van der Waals surface area contributed by atoms with Gasteiger partial charge >= 0.3 is 0 Å². The van der Waals surface area contributed by atoms with E-state index in [4.69, 9.17) is 0 Å². The molecular weight excluding hydrogens is 254 g/mol. The molecule has 0 atom stereocenters. The lowest BCUT2D eigenvalue weighted by atomic mass is 10.3. The maximum atomic E-state index is 11.5. The molecule has 2 rings (SSSR count). The van der Waals surface area contributed by atoms with Gasteiger partial charge in [-0.05, 0) is 31.2 Å². The minimum absolute atomic E-state index is 0.208. The summed E-state index contributed by atoms with van der Waals surface area (Å²) in [5.41, 5.74) is 1.34. The number of rotatable bonds is 6. The summed E-state index contributed by atoms with van der Waals surface area (Å²) in [6.45, 7) is 3.15. The van der Waals surface area contributed by atoms with E-state index in [1.165, 1.54) is 0 Å². The van der Waals surface area contributed by atoms with Crippen LogP contribution in [0.5, 0.6) is 0 Å². The Morgan fingerprint density at radius 1 is 1.20 bits per heavy atom. The first-order valence-electron chi connectivity index (χ1n) is 6.55. The second kappa shape index (κ2) is 7.18. The number of anilines is 1. The highest BCUT2D eigenvalue weighted by Gasteiger charge is 2.06. The van der Waals surface area contributed by atoms with Crippen molar-refractivity contribution in [3.05, 3.63) is 47.9 Å². The SMILES string of the molecule is CCNC(=O)c1ccc(NCCc2ccccn2)nn1. The number of carbonyl (C=O) groups is 1. The molecule has 0 fully saturated rings. The van der Waals surface area contributed by atoms with Gasteiger partial charge in [0.05, 0.1) is 0 Å². The monoisotopic (exact) mass is 271 g/mol. The summed E-state index contributed by atoms with van der Waals surface area (Å²) in [4.78, 5) is 15.8. The highest BCUT2D eigenvalue weighted by molar-refractivity contribution is 5.92. The third-order valence-electron chi connectivity index (χ3n) is 2.65. The number of pyridine rings is 1. The van der Waals surface area contributed by atoms with Crippen LogP contribution in [0.25, 0.3) is 0 Å². The van der Waals surface area contributed by atoms with Gasteiger partial charge in [-0.1, -0.05) is 6.07 Å². The van der Waals surface area contributed by atoms with Gasteiger partial charge in [0.25, 0.3) is 5.91 Å². The summed E-state index contributed by atoms with van der Waals surface area (Å²) in [5.74, 6) is 0.439. The fourth-order valence-corrected chi connectivity index (χ4v) is 1.66. The van der Waals surface area contributed by atoms with Crippen molar-refractivity contribution in [2.24, 2.45) is 0 Å². The van der Waals surface area contributed by atoms with Gasteiger partial charge in [0.2, 0.25) is 0 Å². The van der Waals surface area contributed by atoms with Crippen molar-refractivity contribution in [1.82, 2.24) is 20.5 Å². The molecule has 6 nitrogen and oxygen atoms in total. The standard InChI is InChI=1S/C14H17N5O/c1-2-15-14(20)12-6-7-13(19-18-12)17-10-8-11-5-3-4-9-16-11/h3-7,9H,2,8,10H2,1H3,(H,15,20)(H,17,19). The third-order valence-corrected chi connectivity index (χ3v) is 2.65. The molecular formula is C14H17N5O. The van der Waals surface area contributed by atoms with E-state index in [9.17, 15) is 4.79 Å². The minimum Gasteiger partial charge on any atom is -0.368 e. The van der Waals surface area contributed by atoms with Crippen molar-refractivity contribution < 1.29 is 4.79 Å². The smallest absolute Gasteiger partial charge is 0.271 e. The van der Waals surface area contributed by atoms with Gasteiger partial charge in [0, 0.05) is 31.4 Å². The molecule has 0 aliphatic carbocycles. The van der Waals surface area contributed by atoms with E-state index in [1.807, 2.05) is 25.1 Å². The Morgan fingerprint density at radius 3 is 2.75 bits per heavy atom. The highest BCUT2D eigenvalue weighted by atomic mass is 16.1. The average Bonchev–Trinajstić information content (AvgIpc) is 2.49. The first-order valence-corrected chi connectivity index (χ1v) is 6.55. The van der Waals surface area contributed by atoms with Crippen LogP contribution in [0.2, 0.25) is 0 Å². The number of nitrogens with zero attached hydrogens (tertiary/aromatic N) is 3. The van der Waals surface area contributed by atoms with Crippen LogP contribution in [0.4, 0.5) is 5.82 Å². The van der Waals surface area contributed by atoms with Crippen LogP contribution in [0.1, 0.15) is 23.1 Å². The van der Waals surface area contributed by atoms with E-state index in [0.717, 1.165) is 12.1 Å². The van der Waals surface area contributed by atoms with Crippen LogP contribution in [0.3, 0.4) is 0 Å². The average molecular weight is 271 g/mol. The van der Waals surface area contributed by atoms with E-state index in [0.29, 0.717) is 24.6 Å². The Balaban J connectivity index is 1.83. The van der Waals surface area contributed by atoms with Gasteiger partial charge < -0.3 is 10.6 Å². The molecule has 0 spiro atoms. The molecule has 0 aliphatic rings. The molecule has 0 saturated heterocycles. The lowest BCUT2D eigenvalue weighted by Gasteiger charge is -2.05. The number of aromatic nitrogens is 3. The maximum absolute atomic E-state index is 11.5. The van der Waals surface area contributed by atoms with Crippen molar-refractivity contribution >= 4 is 11.7 Å². The minimum atomic E-state index is -0.208. The van der Waals surface area contributed by atoms with Gasteiger partial charge in [-0.2, -0.15) is 0 Å². The molecule has 0 unspecified atom stereocenters. The van der Waals surface area contributed by atoms with Crippen LogP contribution in [0, 0.1) is 0 Å². The zero-order valence-electron chi connectivity index (χ0n) is 11.3. The molecule has 0 aromatic carbocycles. The zero-order valence-corrected chi connectivity index (χ0v) is 11.3. The van der Waals surface area contributed by atoms with Crippen LogP contribution in [-0.2, 0) is 6.42 Å². The van der Waals surface area contributed by atoms with E-state index >= 15 is 0 Å². The number of amides is 1. The first kappa shape index (κ1) is 13.9. The number of hydrogen-bond acceptors (Lipinski definition) is 5. The lowest BCUT2D eigenvalue weighted by Crippen LogP contribution is -2.24. The molecule has 2 heterocycles. The zero-order chi connectivity index (χ0) is 14.2. The van der Waals surface area contributed by atoms with E-state index in [2.05, 4.69) is 25.8 Å². The number of hydrogen-bond donors (Lipinski definition) is 2. The van der Waals surface area contributed by atoms with Crippen molar-refractivity contribution in [3.63, 3.8) is 0 Å². The second-order valence-electron chi connectivity index (χ2n) is 4.16. The predicted octanol–water partition coefficient (Wildman–Crippen LogP) is 1.28. The van der Waals surface area contributed by atoms with Crippen LogP contribution >= 0.6 is 0 Å². The van der Waals surface area contributed by atoms with Gasteiger partial charge in [-0.15, -0.1) is 10.2 Å². The summed E-state index contributed by atoms with van der Waals surface area (Å²) in [5, 5.41) is 13.7. The highest BCUT2D eigenvalue weighted by Crippen LogP contribution is 2.03. The number of nitrogens with one attached hydrogen (secondary N) is 2. The van der Waals surface area contributed by atoms with Crippen LogP contribution < -0.4 is 10.6 Å². The largest absolute Gasteiger partial charge is 0.368 e. The first-order chi connectivity index (χ1) is 9.79. The van der Waals surface area contributed by atoms with E-state index in [1.54, 1.807) is 18.3 Å². The second-order valence-corrected chi connectivity index (χ2v) is 4.16. The Bertz CT molecular complexity index is 541. The Morgan fingerprint density at radius 2 is 2.10 bits per heavy atom. The van der Waals surface area contributed by atoms with Gasteiger partial charge in [-0.3, -0.25) is 9.78 Å². The molecule has 0 saturated carbocycles. The molecule has 1 amide bonds. The van der Waals surface area contributed by atoms with Gasteiger partial charge in [0.1, 0.15) is 5.82 Å². The Kier molecular flexibility index (Phi) is 5.00. The molecule has 0 aliphatic heterocycles. The molecule has 20 heavy (non-hydrogen) atoms. The van der Waals surface area contributed by atoms with E-state index < -0.39 is 0 Å². The summed E-state index contributed by atoms with van der Waals surface area (Å²) in [6.07, 6.45) is 2.58. The predicted molar refractivity (Wildman–Crippen MR) is 76.5 cm³/mol. The van der Waals surface area contributed by atoms with E-state index in [-0.39, 0.29) is 5.91 Å². The van der Waals surface area contributed by atoms with Crippen molar-refractivity contribution in [3.8, 4) is 0 Å². The summed E-state index contributed by atoms with van der Waals surface area (Å²) in [6, 6.07) is 9.23. The Hall–Kier alpha value is -2.50. The molecule has 6 heteroatoms. The van der Waals surface area contributed by atoms with Crippen molar-refractivity contribution in [2.45, 2.75) is 13.3 Å². The summed E-state index contributed by atoms with van der Waals surface area (Å²) >= 11 is 0. The van der Waals surface area contributed by atoms with Gasteiger partial charge in [-0.25, -0.2) is 0 Å².